The SMILES string of the molecule is Cc1ccc2c(N(C)c3c(-c4ccccc4)[nH]c4cc(C)ccc34)c(-c3ccccc3)[nH]c2c1. The van der Waals surface area contributed by atoms with E-state index in [-0.39, 0.29) is 0 Å². The van der Waals surface area contributed by atoms with Gasteiger partial charge in [0.05, 0.1) is 22.8 Å². The van der Waals surface area contributed by atoms with E-state index in [0.717, 1.165) is 22.4 Å². The number of benzene rings is 4. The molecule has 2 aromatic heterocycles. The van der Waals surface area contributed by atoms with Gasteiger partial charge < -0.3 is 14.9 Å². The Morgan fingerprint density at radius 3 is 1.35 bits per heavy atom. The van der Waals surface area contributed by atoms with E-state index >= 15 is 0 Å². The standard InChI is InChI=1S/C31H27N3/c1-20-14-16-24-26(18-20)32-28(22-10-6-4-7-11-22)30(24)34(3)31-25-17-15-21(2)19-27(25)33-29(31)23-12-8-5-9-13-23/h4-19,32-33H,1-3H3. The average Bonchev–Trinajstić information content (AvgIpc) is 3.43. The summed E-state index contributed by atoms with van der Waals surface area (Å²) < 4.78 is 0. The third kappa shape index (κ3) is 3.29. The molecule has 6 aromatic rings. The van der Waals surface area contributed by atoms with Crippen molar-refractivity contribution in [2.24, 2.45) is 0 Å². The van der Waals surface area contributed by atoms with Crippen LogP contribution in [0, 0.1) is 13.8 Å². The molecular weight excluding hydrogens is 414 g/mol. The van der Waals surface area contributed by atoms with Crippen molar-refractivity contribution in [3.8, 4) is 22.5 Å². The van der Waals surface area contributed by atoms with Crippen LogP contribution < -0.4 is 4.90 Å². The molecule has 3 heteroatoms. The molecule has 0 aliphatic carbocycles. The molecule has 0 saturated heterocycles. The van der Waals surface area contributed by atoms with Gasteiger partial charge in [-0.1, -0.05) is 84.9 Å². The highest BCUT2D eigenvalue weighted by Crippen LogP contribution is 2.46. The van der Waals surface area contributed by atoms with Crippen LogP contribution in [-0.2, 0) is 0 Å². The van der Waals surface area contributed by atoms with E-state index in [1.165, 1.54) is 44.4 Å². The first-order valence-electron chi connectivity index (χ1n) is 11.7. The molecule has 0 radical (unpaired) electrons. The van der Waals surface area contributed by atoms with Gasteiger partial charge in [0, 0.05) is 40.0 Å². The lowest BCUT2D eigenvalue weighted by Gasteiger charge is -2.22. The zero-order valence-corrected chi connectivity index (χ0v) is 19.7. The van der Waals surface area contributed by atoms with Gasteiger partial charge in [0.1, 0.15) is 0 Å². The number of H-pyrrole nitrogens is 2. The van der Waals surface area contributed by atoms with Crippen LogP contribution >= 0.6 is 0 Å². The maximum Gasteiger partial charge on any atom is 0.0748 e. The number of anilines is 2. The fraction of sp³-hybridized carbons (Fsp3) is 0.0968. The van der Waals surface area contributed by atoms with Gasteiger partial charge in [-0.3, -0.25) is 0 Å². The second-order valence-electron chi connectivity index (χ2n) is 9.09. The number of hydrogen-bond donors (Lipinski definition) is 2. The number of nitrogens with one attached hydrogen (secondary N) is 2. The Morgan fingerprint density at radius 2 is 0.941 bits per heavy atom. The lowest BCUT2D eigenvalue weighted by atomic mass is 10.0. The van der Waals surface area contributed by atoms with Crippen LogP contribution in [0.15, 0.2) is 97.1 Å². The largest absolute Gasteiger partial charge is 0.353 e. The fourth-order valence-electron chi connectivity index (χ4n) is 5.03. The van der Waals surface area contributed by atoms with Gasteiger partial charge in [0.2, 0.25) is 0 Å². The van der Waals surface area contributed by atoms with E-state index in [9.17, 15) is 0 Å². The van der Waals surface area contributed by atoms with Crippen LogP contribution in [0.3, 0.4) is 0 Å². The Kier molecular flexibility index (Phi) is 4.77. The van der Waals surface area contributed by atoms with Crippen LogP contribution in [-0.4, -0.2) is 17.0 Å². The van der Waals surface area contributed by atoms with Crippen molar-refractivity contribution in [1.82, 2.24) is 9.97 Å². The summed E-state index contributed by atoms with van der Waals surface area (Å²) in [6.45, 7) is 4.28. The second-order valence-corrected chi connectivity index (χ2v) is 9.09. The van der Waals surface area contributed by atoms with Gasteiger partial charge >= 0.3 is 0 Å². The van der Waals surface area contributed by atoms with Gasteiger partial charge in [-0.15, -0.1) is 0 Å². The molecule has 0 spiro atoms. The number of fused-ring (bicyclic) bond motifs is 2. The fourth-order valence-corrected chi connectivity index (χ4v) is 5.03. The summed E-state index contributed by atoms with van der Waals surface area (Å²) in [5.41, 5.74) is 11.8. The molecule has 0 amide bonds. The van der Waals surface area contributed by atoms with Crippen molar-refractivity contribution < 1.29 is 0 Å². The Balaban J connectivity index is 1.66. The Bertz CT molecular complexity index is 1500. The molecule has 0 fully saturated rings. The maximum absolute atomic E-state index is 3.73. The van der Waals surface area contributed by atoms with Crippen molar-refractivity contribution in [2.75, 3.05) is 11.9 Å². The molecule has 0 saturated carbocycles. The normalized spacial score (nSPS) is 11.4. The quantitative estimate of drug-likeness (QED) is 0.283. The molecule has 2 N–H and O–H groups in total. The van der Waals surface area contributed by atoms with E-state index in [2.05, 4.69) is 133 Å². The minimum Gasteiger partial charge on any atom is -0.353 e. The van der Waals surface area contributed by atoms with Crippen molar-refractivity contribution in [1.29, 1.82) is 0 Å². The van der Waals surface area contributed by atoms with E-state index in [1.54, 1.807) is 0 Å². The molecular formula is C31H27N3. The highest BCUT2D eigenvalue weighted by molar-refractivity contribution is 6.09. The highest BCUT2D eigenvalue weighted by Gasteiger charge is 2.23. The van der Waals surface area contributed by atoms with E-state index < -0.39 is 0 Å². The van der Waals surface area contributed by atoms with Crippen molar-refractivity contribution in [2.45, 2.75) is 13.8 Å². The van der Waals surface area contributed by atoms with Crippen molar-refractivity contribution >= 4 is 33.2 Å². The summed E-state index contributed by atoms with van der Waals surface area (Å²) in [6.07, 6.45) is 0. The van der Waals surface area contributed by atoms with E-state index in [0.29, 0.717) is 0 Å². The van der Waals surface area contributed by atoms with Crippen molar-refractivity contribution in [3.05, 3.63) is 108 Å². The summed E-state index contributed by atoms with van der Waals surface area (Å²) in [4.78, 5) is 9.81. The number of hydrogen-bond acceptors (Lipinski definition) is 1. The van der Waals surface area contributed by atoms with E-state index in [4.69, 9.17) is 0 Å². The number of aryl methyl sites for hydroxylation is 2. The molecule has 0 bridgehead atoms. The Morgan fingerprint density at radius 1 is 0.529 bits per heavy atom. The van der Waals surface area contributed by atoms with Crippen LogP contribution in [0.5, 0.6) is 0 Å². The van der Waals surface area contributed by atoms with Crippen LogP contribution in [0.4, 0.5) is 11.4 Å². The average molecular weight is 442 g/mol. The minimum atomic E-state index is 1.13. The molecule has 4 aromatic carbocycles. The molecule has 0 unspecified atom stereocenters. The maximum atomic E-state index is 3.73. The van der Waals surface area contributed by atoms with Crippen LogP contribution in [0.25, 0.3) is 44.3 Å². The third-order valence-corrected chi connectivity index (χ3v) is 6.65. The first kappa shape index (κ1) is 20.4. The summed E-state index contributed by atoms with van der Waals surface area (Å²) in [5.74, 6) is 0. The van der Waals surface area contributed by atoms with Crippen molar-refractivity contribution in [3.63, 3.8) is 0 Å². The van der Waals surface area contributed by atoms with Gasteiger partial charge in [-0.25, -0.2) is 0 Å². The van der Waals surface area contributed by atoms with Gasteiger partial charge in [0.25, 0.3) is 0 Å². The zero-order valence-electron chi connectivity index (χ0n) is 19.7. The van der Waals surface area contributed by atoms with Gasteiger partial charge in [-0.2, -0.15) is 0 Å². The molecule has 0 atom stereocenters. The minimum absolute atomic E-state index is 1.13. The predicted molar refractivity (Wildman–Crippen MR) is 145 cm³/mol. The second kappa shape index (κ2) is 7.96. The predicted octanol–water partition coefficient (Wildman–Crippen LogP) is 8.37. The molecule has 6 rings (SSSR count). The van der Waals surface area contributed by atoms with Gasteiger partial charge in [-0.05, 0) is 37.1 Å². The monoisotopic (exact) mass is 441 g/mol. The first-order chi connectivity index (χ1) is 16.6. The molecule has 0 aliphatic rings. The highest BCUT2D eigenvalue weighted by atomic mass is 15.1. The molecule has 2 heterocycles. The molecule has 3 nitrogen and oxygen atoms in total. The van der Waals surface area contributed by atoms with Crippen LogP contribution in [0.2, 0.25) is 0 Å². The molecule has 34 heavy (non-hydrogen) atoms. The lowest BCUT2D eigenvalue weighted by molar-refractivity contribution is 1.23. The summed E-state index contributed by atoms with van der Waals surface area (Å²) in [6, 6.07) is 34.5. The molecule has 0 aliphatic heterocycles. The third-order valence-electron chi connectivity index (χ3n) is 6.65. The number of rotatable bonds is 4. The first-order valence-corrected chi connectivity index (χ1v) is 11.7. The topological polar surface area (TPSA) is 34.8 Å². The zero-order chi connectivity index (χ0) is 23.2. The lowest BCUT2D eigenvalue weighted by Crippen LogP contribution is -2.11. The number of aromatic nitrogens is 2. The number of nitrogens with zero attached hydrogens (tertiary/aromatic N) is 1. The summed E-state index contributed by atoms with van der Waals surface area (Å²) in [5, 5.41) is 2.43. The Labute approximate surface area is 199 Å². The van der Waals surface area contributed by atoms with E-state index in [1.807, 2.05) is 0 Å². The Hall–Kier alpha value is -4.24. The van der Waals surface area contributed by atoms with Gasteiger partial charge in [0.15, 0.2) is 0 Å². The summed E-state index contributed by atoms with van der Waals surface area (Å²) >= 11 is 0. The smallest absolute Gasteiger partial charge is 0.0748 e. The summed E-state index contributed by atoms with van der Waals surface area (Å²) in [7, 11) is 2.18. The number of aromatic amines is 2. The van der Waals surface area contributed by atoms with Crippen LogP contribution in [0.1, 0.15) is 11.1 Å². The molecule has 166 valence electrons.